The maximum atomic E-state index is 12.5. The third kappa shape index (κ3) is 9.37. The molecule has 14 heteroatoms. The Morgan fingerprint density at radius 3 is 2.67 bits per heavy atom. The molecule has 0 bridgehead atoms. The van der Waals surface area contributed by atoms with Crippen molar-refractivity contribution in [2.45, 2.75) is 32.7 Å². The average molecular weight is 861 g/mol. The molecule has 1 heterocycles. The standard InChI is InChI=1S/C31H31ClI2N4O7/c1-4-43-25-12-19(28-27(30(40)42-3)17(2)36-31(41)37-28)8-9-24(25)44-16-26(39)38-35-14-20-11-22(33)13-23(34)29(20)45-15-18-6-5-7-21(32)10-18/h5-14,26,28,38-39H,4,15-16H2,1-3H3,(H2,36,37,41)/b35-14+/t26-,28+/m1/s1. The summed E-state index contributed by atoms with van der Waals surface area (Å²) in [6.07, 6.45) is 0.413. The zero-order valence-corrected chi connectivity index (χ0v) is 29.6. The summed E-state index contributed by atoms with van der Waals surface area (Å²) in [6, 6.07) is 15.2. The van der Waals surface area contributed by atoms with Crippen LogP contribution in [0, 0.1) is 7.14 Å². The van der Waals surface area contributed by atoms with Gasteiger partial charge in [0.25, 0.3) is 0 Å². The summed E-state index contributed by atoms with van der Waals surface area (Å²) in [7, 11) is 1.28. The molecule has 11 nitrogen and oxygen atoms in total. The number of esters is 1. The van der Waals surface area contributed by atoms with E-state index in [1.807, 2.05) is 43.3 Å². The smallest absolute Gasteiger partial charge is 0.337 e. The van der Waals surface area contributed by atoms with E-state index < -0.39 is 24.3 Å². The molecule has 0 aliphatic carbocycles. The molecule has 0 spiro atoms. The lowest BCUT2D eigenvalue weighted by atomic mass is 9.95. The number of aliphatic hydroxyl groups excluding tert-OH is 1. The van der Waals surface area contributed by atoms with E-state index >= 15 is 0 Å². The quantitative estimate of drug-likeness (QED) is 0.0570. The third-order valence-electron chi connectivity index (χ3n) is 6.41. The van der Waals surface area contributed by atoms with Gasteiger partial charge in [0.1, 0.15) is 19.0 Å². The number of hydrogen-bond donors (Lipinski definition) is 4. The summed E-state index contributed by atoms with van der Waals surface area (Å²) in [4.78, 5) is 24.6. The highest BCUT2D eigenvalue weighted by atomic mass is 127. The Balaban J connectivity index is 1.43. The van der Waals surface area contributed by atoms with Crippen LogP contribution in [0.25, 0.3) is 0 Å². The minimum atomic E-state index is -1.16. The number of aliphatic hydroxyl groups is 1. The number of nitrogens with one attached hydrogen (secondary N) is 3. The topological polar surface area (TPSA) is 140 Å². The fourth-order valence-corrected chi connectivity index (χ4v) is 6.68. The van der Waals surface area contributed by atoms with Crippen LogP contribution >= 0.6 is 56.8 Å². The number of carbonyl (C=O) groups is 2. The van der Waals surface area contributed by atoms with Crippen molar-refractivity contribution in [3.63, 3.8) is 0 Å². The first-order valence-electron chi connectivity index (χ1n) is 13.7. The van der Waals surface area contributed by atoms with Crippen LogP contribution in [0.2, 0.25) is 5.02 Å². The highest BCUT2D eigenvalue weighted by molar-refractivity contribution is 14.1. The molecule has 3 aromatic carbocycles. The highest BCUT2D eigenvalue weighted by Gasteiger charge is 2.32. The van der Waals surface area contributed by atoms with Gasteiger partial charge in [-0.15, -0.1) is 0 Å². The first-order valence-corrected chi connectivity index (χ1v) is 16.2. The minimum absolute atomic E-state index is 0.157. The number of amides is 2. The van der Waals surface area contributed by atoms with E-state index in [0.29, 0.717) is 46.7 Å². The molecular formula is C31H31ClI2N4O7. The largest absolute Gasteiger partial charge is 0.490 e. The number of methoxy groups -OCH3 is 1. The molecule has 238 valence electrons. The molecule has 4 N–H and O–H groups in total. The average Bonchev–Trinajstić information content (AvgIpc) is 2.99. The molecule has 0 fully saturated rings. The second kappa shape index (κ2) is 16.3. The molecule has 4 rings (SSSR count). The second-order valence-corrected chi connectivity index (χ2v) is 12.5. The SMILES string of the molecule is CCOc1cc([C@@H]2NC(=O)NC(C)=C2C(=O)OC)ccc1OC[C@@H](O)N/N=C/c1cc(I)cc(I)c1OCc1cccc(Cl)c1. The van der Waals surface area contributed by atoms with Gasteiger partial charge in [-0.3, -0.25) is 5.43 Å². The van der Waals surface area contributed by atoms with Gasteiger partial charge in [-0.05, 0) is 107 Å². The maximum Gasteiger partial charge on any atom is 0.337 e. The third-order valence-corrected chi connectivity index (χ3v) is 8.07. The Hall–Kier alpha value is -3.28. The molecule has 0 saturated heterocycles. The summed E-state index contributed by atoms with van der Waals surface area (Å²) in [5.74, 6) is 0.807. The number of ether oxygens (including phenoxy) is 4. The Labute approximate surface area is 293 Å². The molecule has 0 saturated carbocycles. The van der Waals surface area contributed by atoms with E-state index in [4.69, 9.17) is 30.5 Å². The van der Waals surface area contributed by atoms with Crippen molar-refractivity contribution in [1.29, 1.82) is 0 Å². The first kappa shape index (κ1) is 34.6. The van der Waals surface area contributed by atoms with Gasteiger partial charge in [0.15, 0.2) is 17.7 Å². The van der Waals surface area contributed by atoms with Crippen molar-refractivity contribution >= 4 is 75.0 Å². The van der Waals surface area contributed by atoms with Crippen molar-refractivity contribution < 1.29 is 33.6 Å². The molecular weight excluding hydrogens is 830 g/mol. The predicted molar refractivity (Wildman–Crippen MR) is 187 cm³/mol. The van der Waals surface area contributed by atoms with Gasteiger partial charge < -0.3 is 34.7 Å². The molecule has 1 aliphatic heterocycles. The van der Waals surface area contributed by atoms with Crippen molar-refractivity contribution in [1.82, 2.24) is 16.1 Å². The molecule has 2 atom stereocenters. The van der Waals surface area contributed by atoms with Gasteiger partial charge in [-0.2, -0.15) is 5.10 Å². The summed E-state index contributed by atoms with van der Waals surface area (Å²) < 4.78 is 24.6. The maximum absolute atomic E-state index is 12.5. The van der Waals surface area contributed by atoms with E-state index in [1.165, 1.54) is 7.11 Å². The van der Waals surface area contributed by atoms with E-state index in [1.54, 1.807) is 31.3 Å². The van der Waals surface area contributed by atoms with Crippen LogP contribution in [-0.4, -0.2) is 49.9 Å². The molecule has 45 heavy (non-hydrogen) atoms. The minimum Gasteiger partial charge on any atom is -0.490 e. The molecule has 2 amide bonds. The van der Waals surface area contributed by atoms with Crippen molar-refractivity contribution in [3.05, 3.63) is 94.7 Å². The fourth-order valence-electron chi connectivity index (χ4n) is 4.43. The monoisotopic (exact) mass is 860 g/mol. The Morgan fingerprint density at radius 1 is 1.13 bits per heavy atom. The number of nitrogens with zero attached hydrogens (tertiary/aromatic N) is 1. The summed E-state index contributed by atoms with van der Waals surface area (Å²) in [5, 5.41) is 20.7. The second-order valence-electron chi connectivity index (χ2n) is 9.64. The normalized spacial score (nSPS) is 15.3. The van der Waals surface area contributed by atoms with E-state index in [0.717, 1.165) is 18.3 Å². The van der Waals surface area contributed by atoms with Crippen LogP contribution in [0.3, 0.4) is 0 Å². The number of carbonyl (C=O) groups excluding carboxylic acids is 2. The van der Waals surface area contributed by atoms with Crippen molar-refractivity contribution in [2.75, 3.05) is 20.3 Å². The summed E-state index contributed by atoms with van der Waals surface area (Å²) >= 11 is 10.5. The molecule has 0 unspecified atom stereocenters. The van der Waals surface area contributed by atoms with E-state index in [2.05, 4.69) is 66.3 Å². The number of hydrazone groups is 1. The van der Waals surface area contributed by atoms with Gasteiger partial charge in [0, 0.05) is 19.9 Å². The van der Waals surface area contributed by atoms with Gasteiger partial charge >= 0.3 is 12.0 Å². The lowest BCUT2D eigenvalue weighted by molar-refractivity contribution is -0.136. The van der Waals surface area contributed by atoms with Crippen molar-refractivity contribution in [2.24, 2.45) is 5.10 Å². The highest BCUT2D eigenvalue weighted by Crippen LogP contribution is 2.35. The van der Waals surface area contributed by atoms with Gasteiger partial charge in [0.2, 0.25) is 0 Å². The lowest BCUT2D eigenvalue weighted by Crippen LogP contribution is -2.45. The van der Waals surface area contributed by atoms with Gasteiger partial charge in [0.05, 0.1) is 35.1 Å². The van der Waals surface area contributed by atoms with Crippen LogP contribution in [0.4, 0.5) is 4.79 Å². The number of allylic oxidation sites excluding steroid dienone is 1. The zero-order valence-electron chi connectivity index (χ0n) is 24.5. The van der Waals surface area contributed by atoms with Crippen LogP contribution in [0.5, 0.6) is 17.2 Å². The van der Waals surface area contributed by atoms with E-state index in [-0.39, 0.29) is 12.2 Å². The Kier molecular flexibility index (Phi) is 12.6. The van der Waals surface area contributed by atoms with Crippen LogP contribution in [0.15, 0.2) is 71.0 Å². The lowest BCUT2D eigenvalue weighted by Gasteiger charge is -2.28. The van der Waals surface area contributed by atoms with E-state index in [9.17, 15) is 14.7 Å². The molecule has 0 radical (unpaired) electrons. The van der Waals surface area contributed by atoms with Crippen LogP contribution in [0.1, 0.15) is 36.6 Å². The van der Waals surface area contributed by atoms with Gasteiger partial charge in [-0.25, -0.2) is 9.59 Å². The van der Waals surface area contributed by atoms with Crippen molar-refractivity contribution in [3.8, 4) is 17.2 Å². The van der Waals surface area contributed by atoms with Crippen LogP contribution in [-0.2, 0) is 16.1 Å². The zero-order chi connectivity index (χ0) is 32.5. The predicted octanol–water partition coefficient (Wildman–Crippen LogP) is 5.65. The number of rotatable bonds is 13. The fraction of sp³-hybridized carbons (Fsp3) is 0.258. The number of urea groups is 1. The van der Waals surface area contributed by atoms with Crippen LogP contribution < -0.4 is 30.3 Å². The number of halogens is 3. The number of benzene rings is 3. The van der Waals surface area contributed by atoms with Gasteiger partial charge in [-0.1, -0.05) is 29.8 Å². The molecule has 0 aromatic heterocycles. The molecule has 3 aromatic rings. The Bertz CT molecular complexity index is 1620. The Morgan fingerprint density at radius 2 is 1.93 bits per heavy atom. The summed E-state index contributed by atoms with van der Waals surface area (Å²) in [6.45, 7) is 3.95. The molecule has 1 aliphatic rings. The summed E-state index contributed by atoms with van der Waals surface area (Å²) in [5.41, 5.74) is 5.57. The first-order chi connectivity index (χ1) is 21.6. The number of hydrogen-bond acceptors (Lipinski definition) is 9.